The zero-order valence-electron chi connectivity index (χ0n) is 24.8. The molecule has 2 aliphatic rings. The van der Waals surface area contributed by atoms with E-state index in [1.54, 1.807) is 10.8 Å². The quantitative estimate of drug-likeness (QED) is 0.247. The van der Waals surface area contributed by atoms with Crippen LogP contribution in [0, 0.1) is 0 Å². The van der Waals surface area contributed by atoms with Crippen molar-refractivity contribution in [2.45, 2.75) is 51.1 Å². The lowest BCUT2D eigenvalue weighted by molar-refractivity contribution is 0.141. The minimum Gasteiger partial charge on any atom is -0.371 e. The Morgan fingerprint density at radius 1 is 0.909 bits per heavy atom. The van der Waals surface area contributed by atoms with E-state index in [-0.39, 0.29) is 11.0 Å². The van der Waals surface area contributed by atoms with Crippen LogP contribution in [0.4, 0.5) is 11.5 Å². The summed E-state index contributed by atoms with van der Waals surface area (Å²) in [5.41, 5.74) is 2.34. The Hall–Kier alpha value is -4.21. The molecule has 0 unspecified atom stereocenters. The Balaban J connectivity index is 1.32. The van der Waals surface area contributed by atoms with Gasteiger partial charge < -0.3 is 20.1 Å². The van der Waals surface area contributed by atoms with Gasteiger partial charge in [-0.2, -0.15) is 0 Å². The first-order valence-corrected chi connectivity index (χ1v) is 15.9. The number of likely N-dealkylation sites (tertiary alicyclic amines) is 1. The fourth-order valence-electron chi connectivity index (χ4n) is 7.03. The van der Waals surface area contributed by atoms with E-state index in [1.165, 1.54) is 44.7 Å². The predicted molar refractivity (Wildman–Crippen MR) is 177 cm³/mol. The molecule has 2 N–H and O–H groups in total. The largest absolute Gasteiger partial charge is 0.371 e. The van der Waals surface area contributed by atoms with Gasteiger partial charge in [0.15, 0.2) is 5.43 Å². The van der Waals surface area contributed by atoms with Gasteiger partial charge in [-0.05, 0) is 63.9 Å². The number of anilines is 2. The Labute approximate surface area is 260 Å². The normalized spacial score (nSPS) is 17.3. The number of benzene rings is 2. The third-order valence-electron chi connectivity index (χ3n) is 9.20. The molecule has 0 saturated carbocycles. The molecule has 3 aromatic heterocycles. The summed E-state index contributed by atoms with van der Waals surface area (Å²) in [4.78, 5) is 44.1. The van der Waals surface area contributed by atoms with Gasteiger partial charge in [0.1, 0.15) is 23.2 Å². The second-order valence-electron chi connectivity index (χ2n) is 11.8. The number of hydrogen-bond donors (Lipinski definition) is 2. The van der Waals surface area contributed by atoms with Crippen molar-refractivity contribution in [3.63, 3.8) is 0 Å². The van der Waals surface area contributed by atoms with E-state index in [4.69, 9.17) is 11.6 Å². The van der Waals surface area contributed by atoms with E-state index in [1.807, 2.05) is 49.4 Å². The lowest BCUT2D eigenvalue weighted by Gasteiger charge is -2.41. The van der Waals surface area contributed by atoms with Gasteiger partial charge in [-0.25, -0.2) is 9.97 Å². The molecule has 0 amide bonds. The summed E-state index contributed by atoms with van der Waals surface area (Å²) in [5.74, 6) is 0.373. The summed E-state index contributed by atoms with van der Waals surface area (Å²) in [6.07, 6.45) is 9.06. The van der Waals surface area contributed by atoms with Gasteiger partial charge in [0.05, 0.1) is 27.8 Å². The fraction of sp³-hybridized carbons (Fsp3) is 0.353. The number of nitrogens with zero attached hydrogens (tertiary/aromatic N) is 5. The maximum Gasteiger partial charge on any atom is 0.265 e. The van der Waals surface area contributed by atoms with Crippen LogP contribution in [0.15, 0.2) is 76.7 Å². The third kappa shape index (κ3) is 5.14. The molecule has 0 radical (unpaired) electrons. The van der Waals surface area contributed by atoms with Gasteiger partial charge >= 0.3 is 0 Å². The van der Waals surface area contributed by atoms with Crippen molar-refractivity contribution < 1.29 is 0 Å². The van der Waals surface area contributed by atoms with Crippen molar-refractivity contribution >= 4 is 44.9 Å². The highest BCUT2D eigenvalue weighted by Crippen LogP contribution is 2.37. The summed E-state index contributed by atoms with van der Waals surface area (Å²) in [7, 11) is 0. The molecule has 0 spiro atoms. The molecule has 2 aromatic carbocycles. The average Bonchev–Trinajstić information content (AvgIpc) is 3.07. The van der Waals surface area contributed by atoms with Crippen molar-refractivity contribution in [2.75, 3.05) is 36.4 Å². The SMILES string of the molecule is C[C@H](Nc1ncnc2[nH]ccc(=O)c12)c1c(Cl)c2cccc(N3CCC(N4CCCCC4)CC3)c2c(=O)n1-c1ccccc1. The van der Waals surface area contributed by atoms with Gasteiger partial charge in [-0.1, -0.05) is 48.4 Å². The molecule has 0 aliphatic carbocycles. The molecule has 7 rings (SSSR count). The molecular weight excluding hydrogens is 574 g/mol. The topological polar surface area (TPSA) is 99.2 Å². The monoisotopic (exact) mass is 609 g/mol. The number of H-pyrrole nitrogens is 1. The number of rotatable bonds is 6. The van der Waals surface area contributed by atoms with Crippen LogP contribution in [-0.4, -0.2) is 56.6 Å². The molecule has 1 atom stereocenters. The van der Waals surface area contributed by atoms with Crippen molar-refractivity contribution in [2.24, 2.45) is 0 Å². The molecule has 10 heteroatoms. The van der Waals surface area contributed by atoms with Gasteiger partial charge in [-0.3, -0.25) is 14.2 Å². The van der Waals surface area contributed by atoms with Gasteiger partial charge in [0, 0.05) is 42.5 Å². The number of fused-ring (bicyclic) bond motifs is 2. The minimum absolute atomic E-state index is 0.126. The molecular formula is C34H36ClN7O2. The second kappa shape index (κ2) is 12.1. The second-order valence-corrected chi connectivity index (χ2v) is 12.2. The Bertz CT molecular complexity index is 1920. The number of aromatic amines is 1. The molecule has 2 aliphatic heterocycles. The first kappa shape index (κ1) is 28.6. The highest BCUT2D eigenvalue weighted by Gasteiger charge is 2.29. The Morgan fingerprint density at radius 3 is 2.45 bits per heavy atom. The smallest absolute Gasteiger partial charge is 0.265 e. The average molecular weight is 610 g/mol. The number of aromatic nitrogens is 4. The maximum atomic E-state index is 14.7. The van der Waals surface area contributed by atoms with Gasteiger partial charge in [0.2, 0.25) is 0 Å². The Morgan fingerprint density at radius 2 is 1.68 bits per heavy atom. The molecule has 5 aromatic rings. The summed E-state index contributed by atoms with van der Waals surface area (Å²) in [6.45, 7) is 6.12. The lowest BCUT2D eigenvalue weighted by atomic mass is 9.98. The number of nitrogens with one attached hydrogen (secondary N) is 2. The van der Waals surface area contributed by atoms with E-state index in [2.05, 4.69) is 36.1 Å². The number of para-hydroxylation sites is 1. The zero-order valence-corrected chi connectivity index (χ0v) is 25.6. The fourth-order valence-corrected chi connectivity index (χ4v) is 7.44. The molecule has 0 bridgehead atoms. The van der Waals surface area contributed by atoms with Gasteiger partial charge in [0.25, 0.3) is 5.56 Å². The van der Waals surface area contributed by atoms with Crippen molar-refractivity contribution in [1.82, 2.24) is 24.4 Å². The summed E-state index contributed by atoms with van der Waals surface area (Å²) in [6, 6.07) is 17.1. The molecule has 226 valence electrons. The first-order chi connectivity index (χ1) is 21.5. The third-order valence-corrected chi connectivity index (χ3v) is 9.60. The van der Waals surface area contributed by atoms with Crippen LogP contribution in [0.25, 0.3) is 27.5 Å². The van der Waals surface area contributed by atoms with Crippen LogP contribution in [0.2, 0.25) is 5.02 Å². The molecule has 9 nitrogen and oxygen atoms in total. The standard InChI is InChI=1S/C34H36ClN7O2/c1-22(39-33-29-27(43)13-16-36-32(29)37-21-38-33)31-30(35)25-11-8-12-26(28(25)34(44)42(31)24-9-4-2-5-10-24)41-19-14-23(15-20-41)40-17-6-3-7-18-40/h2,4-5,8-13,16,21-23H,3,6-7,14-15,17-20H2,1H3,(H2,36,37,38,39,43)/t22-/m0/s1. The van der Waals surface area contributed by atoms with Gasteiger partial charge in [-0.15, -0.1) is 0 Å². The molecule has 5 heterocycles. The summed E-state index contributed by atoms with van der Waals surface area (Å²) in [5, 5.41) is 5.54. The van der Waals surface area contributed by atoms with Crippen molar-refractivity contribution in [3.05, 3.63) is 98.4 Å². The van der Waals surface area contributed by atoms with Crippen LogP contribution < -0.4 is 21.2 Å². The van der Waals surface area contributed by atoms with Crippen LogP contribution in [0.5, 0.6) is 0 Å². The number of halogens is 1. The van der Waals surface area contributed by atoms with E-state index < -0.39 is 6.04 Å². The van der Waals surface area contributed by atoms with E-state index in [9.17, 15) is 9.59 Å². The molecule has 2 saturated heterocycles. The first-order valence-electron chi connectivity index (χ1n) is 15.5. The summed E-state index contributed by atoms with van der Waals surface area (Å²) >= 11 is 7.29. The van der Waals surface area contributed by atoms with Crippen LogP contribution in [0.3, 0.4) is 0 Å². The van der Waals surface area contributed by atoms with Crippen molar-refractivity contribution in [1.29, 1.82) is 0 Å². The van der Waals surface area contributed by atoms with Crippen molar-refractivity contribution in [3.8, 4) is 5.69 Å². The highest BCUT2D eigenvalue weighted by atomic mass is 35.5. The van der Waals surface area contributed by atoms with E-state index >= 15 is 0 Å². The lowest BCUT2D eigenvalue weighted by Crippen LogP contribution is -2.47. The number of pyridine rings is 2. The molecule has 44 heavy (non-hydrogen) atoms. The number of hydrogen-bond acceptors (Lipinski definition) is 7. The molecule has 2 fully saturated rings. The van der Waals surface area contributed by atoms with E-state index in [0.717, 1.165) is 31.6 Å². The zero-order chi connectivity index (χ0) is 30.2. The van der Waals surface area contributed by atoms with E-state index in [0.29, 0.717) is 50.1 Å². The minimum atomic E-state index is -0.485. The summed E-state index contributed by atoms with van der Waals surface area (Å²) < 4.78 is 1.71. The highest BCUT2D eigenvalue weighted by molar-refractivity contribution is 6.36. The maximum absolute atomic E-state index is 14.7. The Kier molecular flexibility index (Phi) is 7.82. The number of piperidine rings is 2. The predicted octanol–water partition coefficient (Wildman–Crippen LogP) is 5.90. The van der Waals surface area contributed by atoms with Crippen LogP contribution in [-0.2, 0) is 0 Å². The van der Waals surface area contributed by atoms with Crippen LogP contribution >= 0.6 is 11.6 Å². The van der Waals surface area contributed by atoms with Crippen LogP contribution in [0.1, 0.15) is 50.8 Å².